The maximum atomic E-state index is 3.78. The van der Waals surface area contributed by atoms with Crippen molar-refractivity contribution in [3.8, 4) is 0 Å². The largest absolute Gasteiger partial charge is 0.388 e. The van der Waals surface area contributed by atoms with Gasteiger partial charge in [0.05, 0.1) is 0 Å². The highest BCUT2D eigenvalue weighted by atomic mass is 14.9. The zero-order chi connectivity index (χ0) is 7.40. The lowest BCUT2D eigenvalue weighted by Crippen LogP contribution is -2.20. The Hall–Kier alpha value is -0.720. The predicted molar refractivity (Wildman–Crippen MR) is 44.8 cm³/mol. The third-order valence-electron chi connectivity index (χ3n) is 1.95. The molecule has 0 atom stereocenters. The van der Waals surface area contributed by atoms with Gasteiger partial charge in [0, 0.05) is 12.2 Å². The van der Waals surface area contributed by atoms with Gasteiger partial charge in [0.25, 0.3) is 0 Å². The normalized spacial score (nSPS) is 18.5. The van der Waals surface area contributed by atoms with Gasteiger partial charge >= 0.3 is 0 Å². The average Bonchev–Trinajstić information content (AvgIpc) is 2.04. The molecule has 1 aliphatic rings. The molecule has 1 rings (SSSR count). The van der Waals surface area contributed by atoms with E-state index in [2.05, 4.69) is 18.8 Å². The maximum absolute atomic E-state index is 3.78. The van der Waals surface area contributed by atoms with Gasteiger partial charge < -0.3 is 5.32 Å². The van der Waals surface area contributed by atoms with Crippen LogP contribution in [0.5, 0.6) is 0 Å². The molecule has 0 aromatic rings. The zero-order valence-corrected chi connectivity index (χ0v) is 6.61. The Labute approximate surface area is 62.8 Å². The van der Waals surface area contributed by atoms with Crippen LogP contribution in [0.2, 0.25) is 0 Å². The SMILES string of the molecule is C=CC1=C(CC)NCCC1. The number of hydrogen-bond acceptors (Lipinski definition) is 1. The van der Waals surface area contributed by atoms with Crippen molar-refractivity contribution in [2.24, 2.45) is 0 Å². The lowest BCUT2D eigenvalue weighted by atomic mass is 10.0. The molecule has 10 heavy (non-hydrogen) atoms. The minimum absolute atomic E-state index is 1.11. The second kappa shape index (κ2) is 3.45. The standard InChI is InChI=1S/C9H15N/c1-3-8-6-5-7-10-9(8)4-2/h3,10H,1,4-7H2,2H3. The second-order valence-corrected chi connectivity index (χ2v) is 2.59. The van der Waals surface area contributed by atoms with Crippen LogP contribution < -0.4 is 5.32 Å². The van der Waals surface area contributed by atoms with E-state index < -0.39 is 0 Å². The summed E-state index contributed by atoms with van der Waals surface area (Å²) >= 11 is 0. The number of nitrogens with one attached hydrogen (secondary N) is 1. The van der Waals surface area contributed by atoms with Crippen molar-refractivity contribution in [2.45, 2.75) is 26.2 Å². The lowest BCUT2D eigenvalue weighted by molar-refractivity contribution is 0.651. The van der Waals surface area contributed by atoms with E-state index in [4.69, 9.17) is 0 Å². The van der Waals surface area contributed by atoms with Gasteiger partial charge in [-0.2, -0.15) is 0 Å². The Bertz CT molecular complexity index is 156. The number of rotatable bonds is 2. The van der Waals surface area contributed by atoms with E-state index in [0.717, 1.165) is 13.0 Å². The molecule has 0 bridgehead atoms. The third kappa shape index (κ3) is 1.41. The Morgan fingerprint density at radius 1 is 1.70 bits per heavy atom. The first-order valence-corrected chi connectivity index (χ1v) is 3.96. The molecule has 0 aromatic heterocycles. The molecule has 0 saturated carbocycles. The molecule has 56 valence electrons. The van der Waals surface area contributed by atoms with Gasteiger partial charge in [0.2, 0.25) is 0 Å². The van der Waals surface area contributed by atoms with Crippen molar-refractivity contribution in [2.75, 3.05) is 6.54 Å². The minimum Gasteiger partial charge on any atom is -0.388 e. The van der Waals surface area contributed by atoms with Crippen molar-refractivity contribution >= 4 is 0 Å². The van der Waals surface area contributed by atoms with Crippen molar-refractivity contribution < 1.29 is 0 Å². The van der Waals surface area contributed by atoms with Crippen LogP contribution in [0.1, 0.15) is 26.2 Å². The first-order valence-electron chi connectivity index (χ1n) is 3.96. The van der Waals surface area contributed by atoms with Crippen LogP contribution in [0.15, 0.2) is 23.9 Å². The summed E-state index contributed by atoms with van der Waals surface area (Å²) in [5.74, 6) is 0. The molecule has 0 spiro atoms. The molecule has 0 fully saturated rings. The number of hydrogen-bond donors (Lipinski definition) is 1. The Kier molecular flexibility index (Phi) is 2.55. The summed E-state index contributed by atoms with van der Waals surface area (Å²) in [7, 11) is 0. The summed E-state index contributed by atoms with van der Waals surface area (Å²) in [5.41, 5.74) is 2.80. The Balaban J connectivity index is 2.72. The quantitative estimate of drug-likeness (QED) is 0.615. The monoisotopic (exact) mass is 137 g/mol. The summed E-state index contributed by atoms with van der Waals surface area (Å²) in [6.07, 6.45) is 5.55. The van der Waals surface area contributed by atoms with Gasteiger partial charge in [-0.25, -0.2) is 0 Å². The fourth-order valence-corrected chi connectivity index (χ4v) is 1.36. The highest BCUT2D eigenvalue weighted by Crippen LogP contribution is 2.16. The predicted octanol–water partition coefficient (Wildman–Crippen LogP) is 2.22. The van der Waals surface area contributed by atoms with Crippen molar-refractivity contribution in [1.29, 1.82) is 0 Å². The van der Waals surface area contributed by atoms with Gasteiger partial charge in [0.15, 0.2) is 0 Å². The van der Waals surface area contributed by atoms with Gasteiger partial charge in [-0.3, -0.25) is 0 Å². The molecular weight excluding hydrogens is 122 g/mol. The average molecular weight is 137 g/mol. The molecule has 1 nitrogen and oxygen atoms in total. The molecule has 1 aliphatic heterocycles. The van der Waals surface area contributed by atoms with Crippen molar-refractivity contribution in [3.05, 3.63) is 23.9 Å². The van der Waals surface area contributed by atoms with Crippen molar-refractivity contribution in [1.82, 2.24) is 5.32 Å². The molecule has 0 aromatic carbocycles. The maximum Gasteiger partial charge on any atom is 0.0147 e. The van der Waals surface area contributed by atoms with E-state index in [9.17, 15) is 0 Å². The van der Waals surface area contributed by atoms with E-state index in [1.54, 1.807) is 0 Å². The molecule has 0 amide bonds. The smallest absolute Gasteiger partial charge is 0.0147 e. The number of allylic oxidation sites excluding steroid dienone is 3. The van der Waals surface area contributed by atoms with Crippen LogP contribution in [0, 0.1) is 0 Å². The fraction of sp³-hybridized carbons (Fsp3) is 0.556. The molecule has 1 heteroatoms. The summed E-state index contributed by atoms with van der Waals surface area (Å²) in [6.45, 7) is 7.10. The van der Waals surface area contributed by atoms with Crippen molar-refractivity contribution in [3.63, 3.8) is 0 Å². The van der Waals surface area contributed by atoms with Crippen LogP contribution in [-0.4, -0.2) is 6.54 Å². The molecule has 0 aliphatic carbocycles. The summed E-state index contributed by atoms with van der Waals surface area (Å²) in [6, 6.07) is 0. The lowest BCUT2D eigenvalue weighted by Gasteiger charge is -2.18. The molecular formula is C9H15N. The Morgan fingerprint density at radius 2 is 2.50 bits per heavy atom. The molecule has 1 heterocycles. The van der Waals surface area contributed by atoms with Crippen LogP contribution in [0.3, 0.4) is 0 Å². The molecule has 0 saturated heterocycles. The Morgan fingerprint density at radius 3 is 3.00 bits per heavy atom. The summed E-state index contributed by atoms with van der Waals surface area (Å²) in [4.78, 5) is 0. The first kappa shape index (κ1) is 7.39. The third-order valence-corrected chi connectivity index (χ3v) is 1.95. The van der Waals surface area contributed by atoms with Gasteiger partial charge in [0.1, 0.15) is 0 Å². The van der Waals surface area contributed by atoms with Gasteiger partial charge in [-0.15, -0.1) is 0 Å². The van der Waals surface area contributed by atoms with Crippen LogP contribution >= 0.6 is 0 Å². The van der Waals surface area contributed by atoms with E-state index in [1.165, 1.54) is 24.1 Å². The highest BCUT2D eigenvalue weighted by molar-refractivity contribution is 5.24. The van der Waals surface area contributed by atoms with E-state index >= 15 is 0 Å². The summed E-state index contributed by atoms with van der Waals surface area (Å²) < 4.78 is 0. The van der Waals surface area contributed by atoms with Crippen LogP contribution in [-0.2, 0) is 0 Å². The van der Waals surface area contributed by atoms with Gasteiger partial charge in [-0.05, 0) is 24.8 Å². The van der Waals surface area contributed by atoms with E-state index in [-0.39, 0.29) is 0 Å². The fourth-order valence-electron chi connectivity index (χ4n) is 1.36. The minimum atomic E-state index is 1.11. The van der Waals surface area contributed by atoms with E-state index in [0.29, 0.717) is 0 Å². The second-order valence-electron chi connectivity index (χ2n) is 2.59. The topological polar surface area (TPSA) is 12.0 Å². The molecule has 1 N–H and O–H groups in total. The van der Waals surface area contributed by atoms with Gasteiger partial charge in [-0.1, -0.05) is 19.6 Å². The summed E-state index contributed by atoms with van der Waals surface area (Å²) in [5, 5.41) is 3.38. The van der Waals surface area contributed by atoms with E-state index in [1.807, 2.05) is 6.08 Å². The van der Waals surface area contributed by atoms with Crippen LogP contribution in [0.25, 0.3) is 0 Å². The highest BCUT2D eigenvalue weighted by Gasteiger charge is 2.06. The van der Waals surface area contributed by atoms with Crippen LogP contribution in [0.4, 0.5) is 0 Å². The first-order chi connectivity index (χ1) is 4.88. The molecule has 0 unspecified atom stereocenters. The molecule has 0 radical (unpaired) electrons. The zero-order valence-electron chi connectivity index (χ0n) is 6.61.